The lowest BCUT2D eigenvalue weighted by atomic mass is 10.1. The van der Waals surface area contributed by atoms with Gasteiger partial charge in [0.25, 0.3) is 0 Å². The molecule has 0 saturated carbocycles. The topological polar surface area (TPSA) is 66.4 Å². The first kappa shape index (κ1) is 23.2. The normalized spacial score (nSPS) is 24.2. The van der Waals surface area contributed by atoms with Crippen molar-refractivity contribution in [3.8, 4) is 0 Å². The van der Waals surface area contributed by atoms with Crippen molar-refractivity contribution in [1.82, 2.24) is 15.1 Å². The van der Waals surface area contributed by atoms with E-state index in [1.54, 1.807) is 7.05 Å². The molecule has 2 aliphatic rings. The van der Waals surface area contributed by atoms with Crippen molar-refractivity contribution in [2.45, 2.75) is 31.2 Å². The first-order valence-electron chi connectivity index (χ1n) is 8.29. The quantitative estimate of drug-likeness (QED) is 0.360. The zero-order valence-corrected chi connectivity index (χ0v) is 17.3. The van der Waals surface area contributed by atoms with E-state index in [9.17, 15) is 18.0 Å². The molecule has 2 rings (SSSR count). The van der Waals surface area contributed by atoms with Crippen LogP contribution in [0.15, 0.2) is 4.99 Å². The van der Waals surface area contributed by atoms with Crippen LogP contribution in [0.25, 0.3) is 0 Å². The van der Waals surface area contributed by atoms with Crippen LogP contribution in [0.2, 0.25) is 0 Å². The SMILES string of the molecule is CN=C(NCC(=O)N(C)CC(F)(F)F)N1CCOC(C2CCCO2)C1.I. The van der Waals surface area contributed by atoms with Gasteiger partial charge in [0.15, 0.2) is 5.96 Å². The summed E-state index contributed by atoms with van der Waals surface area (Å²) in [6.07, 6.45) is -2.47. The van der Waals surface area contributed by atoms with Gasteiger partial charge in [0, 0.05) is 33.8 Å². The molecule has 2 aliphatic heterocycles. The van der Waals surface area contributed by atoms with Crippen LogP contribution < -0.4 is 5.32 Å². The van der Waals surface area contributed by atoms with Crippen LogP contribution in [0.1, 0.15) is 12.8 Å². The molecule has 2 atom stereocenters. The lowest BCUT2D eigenvalue weighted by molar-refractivity contribution is -0.157. The molecule has 0 aromatic heterocycles. The van der Waals surface area contributed by atoms with Crippen molar-refractivity contribution in [3.63, 3.8) is 0 Å². The molecule has 1 N–H and O–H groups in total. The Morgan fingerprint density at radius 3 is 2.58 bits per heavy atom. The highest BCUT2D eigenvalue weighted by molar-refractivity contribution is 14.0. The Hall–Kier alpha value is -0.820. The van der Waals surface area contributed by atoms with Crippen LogP contribution in [-0.2, 0) is 14.3 Å². The van der Waals surface area contributed by atoms with E-state index in [0.29, 0.717) is 30.6 Å². The lowest BCUT2D eigenvalue weighted by Gasteiger charge is -2.37. The van der Waals surface area contributed by atoms with Gasteiger partial charge in [-0.15, -0.1) is 24.0 Å². The van der Waals surface area contributed by atoms with Gasteiger partial charge in [0.1, 0.15) is 12.6 Å². The van der Waals surface area contributed by atoms with E-state index in [4.69, 9.17) is 9.47 Å². The number of alkyl halides is 3. The number of hydrogen-bond donors (Lipinski definition) is 1. The van der Waals surface area contributed by atoms with Crippen LogP contribution in [-0.4, -0.2) is 93.5 Å². The molecule has 0 bridgehead atoms. The fourth-order valence-electron chi connectivity index (χ4n) is 2.97. The molecular formula is C15H26F3IN4O3. The molecule has 0 aliphatic carbocycles. The molecule has 0 radical (unpaired) electrons. The Morgan fingerprint density at radius 1 is 1.31 bits per heavy atom. The zero-order chi connectivity index (χ0) is 18.4. The van der Waals surface area contributed by atoms with Gasteiger partial charge in [-0.3, -0.25) is 9.79 Å². The molecule has 0 aromatic rings. The molecule has 2 saturated heterocycles. The molecule has 152 valence electrons. The summed E-state index contributed by atoms with van der Waals surface area (Å²) >= 11 is 0. The molecule has 7 nitrogen and oxygen atoms in total. The molecule has 0 spiro atoms. The van der Waals surface area contributed by atoms with Crippen molar-refractivity contribution >= 4 is 35.8 Å². The summed E-state index contributed by atoms with van der Waals surface area (Å²) in [7, 11) is 2.70. The molecule has 2 unspecified atom stereocenters. The van der Waals surface area contributed by atoms with Gasteiger partial charge in [-0.05, 0) is 12.8 Å². The predicted octanol–water partition coefficient (Wildman–Crippen LogP) is 1.08. The van der Waals surface area contributed by atoms with Crippen molar-refractivity contribution < 1.29 is 27.4 Å². The van der Waals surface area contributed by atoms with Gasteiger partial charge in [-0.25, -0.2) is 0 Å². The summed E-state index contributed by atoms with van der Waals surface area (Å²) in [6.45, 7) is 0.878. The highest BCUT2D eigenvalue weighted by Crippen LogP contribution is 2.21. The first-order valence-corrected chi connectivity index (χ1v) is 8.29. The number of halogens is 4. The third-order valence-electron chi connectivity index (χ3n) is 4.22. The second-order valence-corrected chi connectivity index (χ2v) is 6.17. The number of guanidine groups is 1. The van der Waals surface area contributed by atoms with Gasteiger partial charge in [0.05, 0.1) is 19.3 Å². The summed E-state index contributed by atoms with van der Waals surface area (Å²) in [4.78, 5) is 18.5. The van der Waals surface area contributed by atoms with Gasteiger partial charge < -0.3 is 24.6 Å². The molecule has 1 amide bonds. The third-order valence-corrected chi connectivity index (χ3v) is 4.22. The Balaban J connectivity index is 0.00000338. The highest BCUT2D eigenvalue weighted by atomic mass is 127. The number of carbonyl (C=O) groups is 1. The fraction of sp³-hybridized carbons (Fsp3) is 0.867. The summed E-state index contributed by atoms with van der Waals surface area (Å²) in [5.41, 5.74) is 0. The Bertz CT molecular complexity index is 487. The number of nitrogens with one attached hydrogen (secondary N) is 1. The number of likely N-dealkylation sites (N-methyl/N-ethyl adjacent to an activating group) is 1. The van der Waals surface area contributed by atoms with Crippen molar-refractivity contribution in [1.29, 1.82) is 0 Å². The second-order valence-electron chi connectivity index (χ2n) is 6.17. The Kier molecular flexibility index (Phi) is 9.38. The zero-order valence-electron chi connectivity index (χ0n) is 14.9. The number of hydrogen-bond acceptors (Lipinski definition) is 4. The van der Waals surface area contributed by atoms with Crippen molar-refractivity contribution in [2.75, 3.05) is 53.5 Å². The Labute approximate surface area is 168 Å². The first-order chi connectivity index (χ1) is 11.8. The van der Waals surface area contributed by atoms with Crippen LogP contribution in [0.4, 0.5) is 13.2 Å². The molecule has 2 heterocycles. The van der Waals surface area contributed by atoms with E-state index in [2.05, 4.69) is 10.3 Å². The lowest BCUT2D eigenvalue weighted by Crippen LogP contribution is -2.54. The fourth-order valence-corrected chi connectivity index (χ4v) is 2.97. The van der Waals surface area contributed by atoms with Crippen LogP contribution in [0, 0.1) is 0 Å². The van der Waals surface area contributed by atoms with E-state index < -0.39 is 18.6 Å². The van der Waals surface area contributed by atoms with E-state index in [1.807, 2.05) is 4.90 Å². The summed E-state index contributed by atoms with van der Waals surface area (Å²) in [6, 6.07) is 0. The van der Waals surface area contributed by atoms with Crippen LogP contribution >= 0.6 is 24.0 Å². The minimum atomic E-state index is -4.41. The number of aliphatic imine (C=N–C) groups is 1. The average Bonchev–Trinajstić information content (AvgIpc) is 3.08. The number of amides is 1. The number of nitrogens with zero attached hydrogens (tertiary/aromatic N) is 3. The molecule has 0 aromatic carbocycles. The maximum absolute atomic E-state index is 12.3. The van der Waals surface area contributed by atoms with Gasteiger partial charge in [-0.1, -0.05) is 0 Å². The summed E-state index contributed by atoms with van der Waals surface area (Å²) < 4.78 is 48.4. The molecule has 11 heteroatoms. The maximum atomic E-state index is 12.3. The van der Waals surface area contributed by atoms with E-state index in [-0.39, 0.29) is 42.7 Å². The van der Waals surface area contributed by atoms with Crippen LogP contribution in [0.3, 0.4) is 0 Å². The minimum Gasteiger partial charge on any atom is -0.375 e. The smallest absolute Gasteiger partial charge is 0.375 e. The van der Waals surface area contributed by atoms with Gasteiger partial charge in [-0.2, -0.15) is 13.2 Å². The third kappa shape index (κ3) is 7.06. The average molecular weight is 494 g/mol. The van der Waals surface area contributed by atoms with Gasteiger partial charge >= 0.3 is 6.18 Å². The van der Waals surface area contributed by atoms with E-state index in [1.165, 1.54) is 0 Å². The molecule has 2 fully saturated rings. The monoisotopic (exact) mass is 494 g/mol. The van der Waals surface area contributed by atoms with Crippen LogP contribution in [0.5, 0.6) is 0 Å². The van der Waals surface area contributed by atoms with Crippen molar-refractivity contribution in [3.05, 3.63) is 0 Å². The Morgan fingerprint density at radius 2 is 2.00 bits per heavy atom. The number of morpholine rings is 1. The minimum absolute atomic E-state index is 0. The standard InChI is InChI=1S/C15H25F3N4O3.HI/c1-19-14(20-8-13(23)21(2)10-15(16,17)18)22-5-7-25-12(9-22)11-4-3-6-24-11;/h11-12H,3-10H2,1-2H3,(H,19,20);1H. The summed E-state index contributed by atoms with van der Waals surface area (Å²) in [5.74, 6) is -0.178. The largest absolute Gasteiger partial charge is 0.406 e. The van der Waals surface area contributed by atoms with Crippen molar-refractivity contribution in [2.24, 2.45) is 4.99 Å². The number of carbonyl (C=O) groups excluding carboxylic acids is 1. The predicted molar refractivity (Wildman–Crippen MR) is 101 cm³/mol. The highest BCUT2D eigenvalue weighted by Gasteiger charge is 2.33. The van der Waals surface area contributed by atoms with E-state index in [0.717, 1.165) is 26.5 Å². The van der Waals surface area contributed by atoms with Gasteiger partial charge in [0.2, 0.25) is 5.91 Å². The summed E-state index contributed by atoms with van der Waals surface area (Å²) in [5, 5.41) is 2.84. The maximum Gasteiger partial charge on any atom is 0.406 e. The number of rotatable bonds is 4. The number of ether oxygens (including phenoxy) is 2. The second kappa shape index (κ2) is 10.5. The molecule has 26 heavy (non-hydrogen) atoms. The van der Waals surface area contributed by atoms with E-state index >= 15 is 0 Å². The molecular weight excluding hydrogens is 468 g/mol.